The van der Waals surface area contributed by atoms with Gasteiger partial charge in [0, 0.05) is 12.1 Å². The molecule has 4 amide bonds. The van der Waals surface area contributed by atoms with Gasteiger partial charge in [0.1, 0.15) is 11.8 Å². The maximum Gasteiger partial charge on any atom is 0.261 e. The molecule has 0 aromatic heterocycles. The molecule has 2 unspecified atom stereocenters. The Kier molecular flexibility index (Phi) is 10.8. The normalized spacial score (nSPS) is 18.5. The number of aliphatic hydroxyl groups excluding tert-OH is 2. The Labute approximate surface area is 255 Å². The average Bonchev–Trinajstić information content (AvgIpc) is 3.79. The molecule has 44 heavy (non-hydrogen) atoms. The third-order valence-corrected chi connectivity index (χ3v) is 7.61. The number of unbranched alkanes of at least 4 members (excludes halogenated alkanes) is 2. The summed E-state index contributed by atoms with van der Waals surface area (Å²) in [4.78, 5) is 65.0. The Morgan fingerprint density at radius 2 is 1.64 bits per heavy atom. The number of nitrogens with one attached hydrogen (secondary N) is 2. The van der Waals surface area contributed by atoms with Crippen LogP contribution in [-0.2, 0) is 14.3 Å². The number of rotatable bonds is 17. The molecular weight excluding hydrogens is 570 g/mol. The highest BCUT2D eigenvalue weighted by Crippen LogP contribution is 2.30. The standard InChI is InChI=1S/C32H39N3O9/c1-20(2)15-25(27(38)32(18-37)19-44-32)33-29(40)26(17-36)34-28(39)21-9-8-10-22(16-21)43-14-7-3-6-13-35-30(41)23-11-4-5-12-24(23)31(35)42/h4-5,8-12,16,20,25-26,36-37H,3,6-7,13-15,17-19H2,1-2H3,(H,33,40)(H,34,39)/t25?,26-,32?/m0/s1. The molecule has 12 heteroatoms. The summed E-state index contributed by atoms with van der Waals surface area (Å²) in [6, 6.07) is 10.9. The monoisotopic (exact) mass is 609 g/mol. The minimum atomic E-state index is -1.32. The van der Waals surface area contributed by atoms with Crippen LogP contribution in [-0.4, -0.2) is 95.2 Å². The van der Waals surface area contributed by atoms with E-state index in [0.29, 0.717) is 55.7 Å². The molecule has 0 bridgehead atoms. The summed E-state index contributed by atoms with van der Waals surface area (Å²) in [6.45, 7) is 3.31. The van der Waals surface area contributed by atoms with Gasteiger partial charge in [0.2, 0.25) is 5.91 Å². The topological polar surface area (TPSA) is 175 Å². The van der Waals surface area contributed by atoms with E-state index in [0.717, 1.165) is 0 Å². The molecule has 4 rings (SSSR count). The summed E-state index contributed by atoms with van der Waals surface area (Å²) < 4.78 is 10.9. The molecular formula is C32H39N3O9. The highest BCUT2D eigenvalue weighted by atomic mass is 16.6. The molecule has 0 saturated carbocycles. The summed E-state index contributed by atoms with van der Waals surface area (Å²) >= 11 is 0. The number of ketones is 1. The summed E-state index contributed by atoms with van der Waals surface area (Å²) in [5, 5.41) is 24.5. The van der Waals surface area contributed by atoms with E-state index in [-0.39, 0.29) is 29.9 Å². The van der Waals surface area contributed by atoms with Crippen LogP contribution in [0.3, 0.4) is 0 Å². The lowest BCUT2D eigenvalue weighted by molar-refractivity contribution is -0.133. The van der Waals surface area contributed by atoms with E-state index >= 15 is 0 Å². The Morgan fingerprint density at radius 3 is 2.23 bits per heavy atom. The van der Waals surface area contributed by atoms with Gasteiger partial charge in [-0.25, -0.2) is 0 Å². The van der Waals surface area contributed by atoms with Crippen molar-refractivity contribution in [3.63, 3.8) is 0 Å². The number of fused-ring (bicyclic) bond motifs is 1. The Hall–Kier alpha value is -4.13. The number of carbonyl (C=O) groups excluding carboxylic acids is 5. The van der Waals surface area contributed by atoms with Crippen molar-refractivity contribution in [3.8, 4) is 5.75 Å². The number of ether oxygens (including phenoxy) is 2. The van der Waals surface area contributed by atoms with Gasteiger partial charge in [-0.3, -0.25) is 28.9 Å². The van der Waals surface area contributed by atoms with E-state index in [1.807, 2.05) is 13.8 Å². The van der Waals surface area contributed by atoms with Gasteiger partial charge in [0.05, 0.1) is 43.6 Å². The van der Waals surface area contributed by atoms with Crippen LogP contribution in [0.25, 0.3) is 0 Å². The second kappa shape index (κ2) is 14.6. The Balaban J connectivity index is 1.23. The number of nitrogens with zero attached hydrogens (tertiary/aromatic N) is 1. The summed E-state index contributed by atoms with van der Waals surface area (Å²) in [5.74, 6) is -1.87. The van der Waals surface area contributed by atoms with Gasteiger partial charge in [0.15, 0.2) is 11.4 Å². The Bertz CT molecular complexity index is 1350. The number of amides is 4. The lowest BCUT2D eigenvalue weighted by Crippen LogP contribution is -2.55. The highest BCUT2D eigenvalue weighted by Gasteiger charge is 2.54. The number of hydrogen-bond acceptors (Lipinski definition) is 9. The van der Waals surface area contributed by atoms with Gasteiger partial charge in [0.25, 0.3) is 17.7 Å². The van der Waals surface area contributed by atoms with Crippen LogP contribution in [0.2, 0.25) is 0 Å². The van der Waals surface area contributed by atoms with E-state index in [4.69, 9.17) is 9.47 Å². The fourth-order valence-electron chi connectivity index (χ4n) is 5.04. The van der Waals surface area contributed by atoms with Crippen LogP contribution in [0.4, 0.5) is 0 Å². The number of hydrogen-bond donors (Lipinski definition) is 4. The quantitative estimate of drug-likeness (QED) is 0.118. The molecule has 1 saturated heterocycles. The van der Waals surface area contributed by atoms with Crippen LogP contribution < -0.4 is 15.4 Å². The van der Waals surface area contributed by atoms with Gasteiger partial charge >= 0.3 is 0 Å². The van der Waals surface area contributed by atoms with Crippen molar-refractivity contribution < 1.29 is 43.7 Å². The van der Waals surface area contributed by atoms with Crippen molar-refractivity contribution in [1.29, 1.82) is 0 Å². The molecule has 236 valence electrons. The average molecular weight is 610 g/mol. The summed E-state index contributed by atoms with van der Waals surface area (Å²) in [6.07, 6.45) is 2.29. The zero-order valence-corrected chi connectivity index (χ0v) is 24.9. The molecule has 4 N–H and O–H groups in total. The highest BCUT2D eigenvalue weighted by molar-refractivity contribution is 6.21. The molecule has 0 radical (unpaired) electrons. The first-order chi connectivity index (χ1) is 21.1. The molecule has 0 aliphatic carbocycles. The number of aliphatic hydroxyl groups is 2. The van der Waals surface area contributed by atoms with Gasteiger partial charge < -0.3 is 30.3 Å². The maximum atomic E-state index is 12.9. The van der Waals surface area contributed by atoms with Gasteiger partial charge in [-0.15, -0.1) is 0 Å². The van der Waals surface area contributed by atoms with Crippen molar-refractivity contribution in [1.82, 2.24) is 15.5 Å². The zero-order chi connectivity index (χ0) is 31.9. The third-order valence-electron chi connectivity index (χ3n) is 7.61. The lowest BCUT2D eigenvalue weighted by atomic mass is 9.92. The maximum absolute atomic E-state index is 12.9. The van der Waals surface area contributed by atoms with Crippen LogP contribution in [0.5, 0.6) is 5.75 Å². The molecule has 2 heterocycles. The van der Waals surface area contributed by atoms with Crippen molar-refractivity contribution in [2.45, 2.75) is 57.2 Å². The van der Waals surface area contributed by atoms with E-state index in [1.165, 1.54) is 17.0 Å². The van der Waals surface area contributed by atoms with Crippen molar-refractivity contribution >= 4 is 29.4 Å². The van der Waals surface area contributed by atoms with Gasteiger partial charge in [-0.1, -0.05) is 32.0 Å². The predicted molar refractivity (Wildman–Crippen MR) is 158 cm³/mol. The second-order valence-corrected chi connectivity index (χ2v) is 11.4. The predicted octanol–water partition coefficient (Wildman–Crippen LogP) is 1.48. The molecule has 3 atom stereocenters. The lowest BCUT2D eigenvalue weighted by Gasteiger charge is -2.24. The van der Waals surface area contributed by atoms with Crippen molar-refractivity contribution in [3.05, 3.63) is 65.2 Å². The van der Waals surface area contributed by atoms with Crippen molar-refractivity contribution in [2.24, 2.45) is 5.92 Å². The largest absolute Gasteiger partial charge is 0.494 e. The smallest absolute Gasteiger partial charge is 0.261 e. The number of imide groups is 1. The SMILES string of the molecule is CC(C)CC(NC(=O)[C@H](CO)NC(=O)c1cccc(OCCCCCN2C(=O)c3ccccc3C2=O)c1)C(=O)C1(CO)CO1. The zero-order valence-electron chi connectivity index (χ0n) is 24.9. The first kappa shape index (κ1) is 32.8. The third kappa shape index (κ3) is 7.68. The van der Waals surface area contributed by atoms with Gasteiger partial charge in [-0.2, -0.15) is 0 Å². The van der Waals surface area contributed by atoms with E-state index < -0.39 is 48.5 Å². The first-order valence-corrected chi connectivity index (χ1v) is 14.8. The molecule has 2 aromatic carbocycles. The summed E-state index contributed by atoms with van der Waals surface area (Å²) in [7, 11) is 0. The van der Waals surface area contributed by atoms with E-state index in [9.17, 15) is 34.2 Å². The van der Waals surface area contributed by atoms with Gasteiger partial charge in [-0.05, 0) is 61.9 Å². The van der Waals surface area contributed by atoms with Crippen LogP contribution >= 0.6 is 0 Å². The minimum absolute atomic E-state index is 0.0417. The van der Waals surface area contributed by atoms with Crippen LogP contribution in [0.15, 0.2) is 48.5 Å². The fourth-order valence-corrected chi connectivity index (χ4v) is 5.04. The number of Topliss-reactive ketones (excluding diaryl/α,β-unsaturated/α-hetero) is 1. The minimum Gasteiger partial charge on any atom is -0.494 e. The number of epoxide rings is 1. The molecule has 2 aromatic rings. The molecule has 1 fully saturated rings. The van der Waals surface area contributed by atoms with E-state index in [2.05, 4.69) is 10.6 Å². The van der Waals surface area contributed by atoms with Crippen LogP contribution in [0.1, 0.15) is 70.6 Å². The number of carbonyl (C=O) groups is 5. The molecule has 0 spiro atoms. The molecule has 12 nitrogen and oxygen atoms in total. The Morgan fingerprint density at radius 1 is 0.955 bits per heavy atom. The first-order valence-electron chi connectivity index (χ1n) is 14.8. The van der Waals surface area contributed by atoms with Crippen molar-refractivity contribution in [2.75, 3.05) is 33.0 Å². The second-order valence-electron chi connectivity index (χ2n) is 11.4. The number of benzene rings is 2. The van der Waals surface area contributed by atoms with Crippen LogP contribution in [0, 0.1) is 5.92 Å². The fraction of sp³-hybridized carbons (Fsp3) is 0.469. The van der Waals surface area contributed by atoms with E-state index in [1.54, 1.807) is 36.4 Å². The molecule has 2 aliphatic heterocycles. The molecule has 2 aliphatic rings. The summed E-state index contributed by atoms with van der Waals surface area (Å²) in [5.41, 5.74) is -0.245.